The lowest BCUT2D eigenvalue weighted by Gasteiger charge is -2.47. The molecule has 14 rings (SSSR count). The summed E-state index contributed by atoms with van der Waals surface area (Å²) in [5, 5.41) is 1.28. The summed E-state index contributed by atoms with van der Waals surface area (Å²) in [4.78, 5) is 5.12. The van der Waals surface area contributed by atoms with Gasteiger partial charge >= 0.3 is 0 Å². The van der Waals surface area contributed by atoms with Crippen molar-refractivity contribution in [1.29, 1.82) is 0 Å². The molecule has 1 fully saturated rings. The Balaban J connectivity index is 1.12. The van der Waals surface area contributed by atoms with Crippen molar-refractivity contribution in [3.8, 4) is 11.1 Å². The van der Waals surface area contributed by atoms with Gasteiger partial charge in [-0.05, 0) is 217 Å². The molecule has 372 valence electrons. The number of anilines is 6. The fourth-order valence-corrected chi connectivity index (χ4v) is 17.5. The highest BCUT2D eigenvalue weighted by molar-refractivity contribution is 7.33. The van der Waals surface area contributed by atoms with Crippen molar-refractivity contribution in [2.75, 3.05) is 9.80 Å². The molecule has 0 amide bonds. The van der Waals surface area contributed by atoms with Crippen molar-refractivity contribution < 1.29 is 4.11 Å². The topological polar surface area (TPSA) is 6.48 Å². The Kier molecular flexibility index (Phi) is 8.80. The van der Waals surface area contributed by atoms with Crippen LogP contribution in [0.4, 0.5) is 34.1 Å². The lowest BCUT2D eigenvalue weighted by Crippen LogP contribution is -2.61. The van der Waals surface area contributed by atoms with E-state index in [0.717, 1.165) is 74.1 Å². The molecule has 0 N–H and O–H groups in total. The molecule has 7 aliphatic rings. The van der Waals surface area contributed by atoms with Crippen LogP contribution in [0.15, 0.2) is 97.1 Å². The molecule has 5 aliphatic carbocycles. The first-order valence-electron chi connectivity index (χ1n) is 29.7. The third-order valence-corrected chi connectivity index (χ3v) is 22.1. The van der Waals surface area contributed by atoms with Crippen molar-refractivity contribution in [3.63, 3.8) is 0 Å². The first-order valence-corrected chi connectivity index (χ1v) is 29.0. The zero-order valence-electron chi connectivity index (χ0n) is 48.9. The second-order valence-electron chi connectivity index (χ2n) is 28.1. The van der Waals surface area contributed by atoms with E-state index in [1.165, 1.54) is 112 Å². The van der Waals surface area contributed by atoms with Gasteiger partial charge in [0.25, 0.3) is 6.71 Å². The minimum atomic E-state index is -2.36. The van der Waals surface area contributed by atoms with Gasteiger partial charge in [-0.25, -0.2) is 0 Å². The van der Waals surface area contributed by atoms with E-state index < -0.39 is 6.85 Å². The standard InChI is InChI=1S/C69H77BN2S/c1-41-33-57-60-58(34-41)72(43-22-24-48-50(36-43)64(4,5)28-27-63(48,2)3)61-46-37-51-54(68(12,13)32-29-65(51,6)7)40-59(46)73-62(61)70(60)55-38-52-53(67(10,11)31-30-66(52,8)9)39-56(55)71(57)42-21-23-45-44-19-15-16-20-47(44)69(49(45)35-42)25-17-14-18-26-69/h15-16,19-24,33-40H,14,17-18,25-32H2,1-13H3/i1D3. The molecule has 0 bridgehead atoms. The van der Waals surface area contributed by atoms with E-state index in [0.29, 0.717) is 5.56 Å². The molecule has 6 aromatic carbocycles. The van der Waals surface area contributed by atoms with Crippen LogP contribution in [0.3, 0.4) is 0 Å². The predicted molar refractivity (Wildman–Crippen MR) is 316 cm³/mol. The molecule has 2 aliphatic heterocycles. The molecular formula is C69H77BN2S. The lowest BCUT2D eigenvalue weighted by atomic mass is 9.35. The van der Waals surface area contributed by atoms with Gasteiger partial charge in [-0.1, -0.05) is 145 Å². The highest BCUT2D eigenvalue weighted by atomic mass is 32.1. The monoisotopic (exact) mass is 980 g/mol. The fourth-order valence-electron chi connectivity index (χ4n) is 16.1. The van der Waals surface area contributed by atoms with E-state index in [1.54, 1.807) is 0 Å². The van der Waals surface area contributed by atoms with Gasteiger partial charge in [0.2, 0.25) is 0 Å². The number of rotatable bonds is 2. The maximum absolute atomic E-state index is 9.39. The molecule has 2 nitrogen and oxygen atoms in total. The lowest BCUT2D eigenvalue weighted by molar-refractivity contribution is 0.332. The van der Waals surface area contributed by atoms with Crippen molar-refractivity contribution in [2.24, 2.45) is 0 Å². The molecular weight excluding hydrogens is 900 g/mol. The molecule has 4 heteroatoms. The number of benzene rings is 6. The van der Waals surface area contributed by atoms with Crippen molar-refractivity contribution in [3.05, 3.63) is 147 Å². The van der Waals surface area contributed by atoms with E-state index in [4.69, 9.17) is 0 Å². The minimum absolute atomic E-state index is 0.0110. The summed E-state index contributed by atoms with van der Waals surface area (Å²) in [6.45, 7) is 26.9. The van der Waals surface area contributed by atoms with E-state index in [1.807, 2.05) is 11.3 Å². The predicted octanol–water partition coefficient (Wildman–Crippen LogP) is 17.6. The normalized spacial score (nSPS) is 22.9. The van der Waals surface area contributed by atoms with Crippen LogP contribution in [-0.2, 0) is 37.9 Å². The van der Waals surface area contributed by atoms with Crippen LogP contribution in [0.2, 0.25) is 0 Å². The molecule has 0 unspecified atom stereocenters. The van der Waals surface area contributed by atoms with E-state index >= 15 is 0 Å². The summed E-state index contributed by atoms with van der Waals surface area (Å²) >= 11 is 2.00. The van der Waals surface area contributed by atoms with Crippen molar-refractivity contribution in [2.45, 2.75) is 198 Å². The van der Waals surface area contributed by atoms with Crippen LogP contribution >= 0.6 is 11.3 Å². The summed E-state index contributed by atoms with van der Waals surface area (Å²) in [6.07, 6.45) is 12.8. The highest BCUT2D eigenvalue weighted by Gasteiger charge is 2.50. The largest absolute Gasteiger partial charge is 0.311 e. The Hall–Kier alpha value is -5.06. The van der Waals surface area contributed by atoms with Gasteiger partial charge in [0.15, 0.2) is 0 Å². The second kappa shape index (κ2) is 14.9. The fraction of sp³-hybridized carbons (Fsp3) is 0.449. The van der Waals surface area contributed by atoms with Crippen LogP contribution in [0.1, 0.15) is 208 Å². The molecule has 1 aromatic heterocycles. The van der Waals surface area contributed by atoms with Crippen LogP contribution in [0, 0.1) is 6.85 Å². The van der Waals surface area contributed by atoms with E-state index in [2.05, 4.69) is 190 Å². The molecule has 0 radical (unpaired) electrons. The molecule has 73 heavy (non-hydrogen) atoms. The first-order chi connectivity index (χ1) is 35.7. The Labute approximate surface area is 446 Å². The van der Waals surface area contributed by atoms with Crippen molar-refractivity contribution in [1.82, 2.24) is 0 Å². The van der Waals surface area contributed by atoms with Crippen LogP contribution in [-0.4, -0.2) is 6.71 Å². The third-order valence-electron chi connectivity index (χ3n) is 20.9. The summed E-state index contributed by atoms with van der Waals surface area (Å²) in [6, 6.07) is 38.5. The zero-order chi connectivity index (χ0) is 53.2. The van der Waals surface area contributed by atoms with Gasteiger partial charge in [-0.3, -0.25) is 0 Å². The molecule has 3 heterocycles. The summed E-state index contributed by atoms with van der Waals surface area (Å²) in [7, 11) is 0. The SMILES string of the molecule is [2H]C([2H])([2H])c1cc2c3c(c1)N(c1ccc4c(c1)C(C)(C)CCC4(C)C)c1c(sc4cc5c(cc14)C(C)(C)CCC5(C)C)B3c1cc3c(cc1N2c1ccc2c(c1)C1(CCCCC1)c1ccccc1-2)C(C)(C)CCC3(C)C. The number of aryl methyl sites for hydroxylation is 1. The zero-order valence-corrected chi connectivity index (χ0v) is 46.7. The summed E-state index contributed by atoms with van der Waals surface area (Å²) < 4.78 is 30.9. The van der Waals surface area contributed by atoms with E-state index in [9.17, 15) is 4.11 Å². The molecule has 7 aromatic rings. The number of fused-ring (bicyclic) bond motifs is 14. The average molecular weight is 980 g/mol. The van der Waals surface area contributed by atoms with Gasteiger partial charge in [0.05, 0.1) is 5.69 Å². The quantitative estimate of drug-likeness (QED) is 0.159. The Bertz CT molecular complexity index is 3670. The van der Waals surface area contributed by atoms with E-state index in [-0.39, 0.29) is 44.6 Å². The minimum Gasteiger partial charge on any atom is -0.311 e. The smallest absolute Gasteiger partial charge is 0.264 e. The van der Waals surface area contributed by atoms with Crippen LogP contribution in [0.5, 0.6) is 0 Å². The number of thiophene rings is 1. The molecule has 1 spiro atoms. The molecule has 1 saturated carbocycles. The maximum atomic E-state index is 9.39. The van der Waals surface area contributed by atoms with Crippen LogP contribution < -0.4 is 25.5 Å². The molecule has 0 saturated heterocycles. The van der Waals surface area contributed by atoms with Gasteiger partial charge < -0.3 is 9.80 Å². The maximum Gasteiger partial charge on any atom is 0.264 e. The van der Waals surface area contributed by atoms with Gasteiger partial charge in [0, 0.05) is 52.8 Å². The van der Waals surface area contributed by atoms with Gasteiger partial charge in [0.1, 0.15) is 0 Å². The molecule has 0 atom stereocenters. The van der Waals surface area contributed by atoms with Gasteiger partial charge in [-0.15, -0.1) is 11.3 Å². The third kappa shape index (κ3) is 6.35. The second-order valence-corrected chi connectivity index (χ2v) is 29.2. The number of hydrogen-bond donors (Lipinski definition) is 0. The Morgan fingerprint density at radius 2 is 0.973 bits per heavy atom. The average Bonchev–Trinajstić information content (AvgIpc) is 4.01. The summed E-state index contributed by atoms with van der Waals surface area (Å²) in [5.74, 6) is 0. The van der Waals surface area contributed by atoms with Gasteiger partial charge in [-0.2, -0.15) is 0 Å². The number of hydrogen-bond acceptors (Lipinski definition) is 3. The Morgan fingerprint density at radius 1 is 0.452 bits per heavy atom. The Morgan fingerprint density at radius 3 is 1.63 bits per heavy atom. The summed E-state index contributed by atoms with van der Waals surface area (Å²) in [5.41, 5.74) is 23.9. The first kappa shape index (κ1) is 43.2. The highest BCUT2D eigenvalue weighted by Crippen LogP contribution is 2.59. The number of nitrogens with zero attached hydrogens (tertiary/aromatic N) is 2. The van der Waals surface area contributed by atoms with Crippen molar-refractivity contribution >= 4 is 78.0 Å². The van der Waals surface area contributed by atoms with Crippen LogP contribution in [0.25, 0.3) is 21.2 Å².